The van der Waals surface area contributed by atoms with Gasteiger partial charge in [0.2, 0.25) is 0 Å². The van der Waals surface area contributed by atoms with Crippen molar-refractivity contribution in [1.29, 1.82) is 0 Å². The van der Waals surface area contributed by atoms with Crippen LogP contribution in [0.1, 0.15) is 44.4 Å². The first-order chi connectivity index (χ1) is 15.5. The Morgan fingerprint density at radius 2 is 1.62 bits per heavy atom. The summed E-state index contributed by atoms with van der Waals surface area (Å²) >= 11 is 0. The molecule has 3 rings (SSSR count). The van der Waals surface area contributed by atoms with Gasteiger partial charge in [-0.1, -0.05) is 0 Å². The molecular formula is C22H27F6N3O3. The van der Waals surface area contributed by atoms with Crippen LogP contribution in [0.3, 0.4) is 0 Å². The number of fused-ring (bicyclic) bond motifs is 1. The summed E-state index contributed by atoms with van der Waals surface area (Å²) in [5, 5.41) is 0. The van der Waals surface area contributed by atoms with Crippen LogP contribution in [0.5, 0.6) is 0 Å². The SMILES string of the molecule is C[C@H]1CN(c2ccc(C(F)(F)F)c3c2CN(C(=O)C(F)(F)F)CC3)CCN1C(=O)OC(C)(C)C. The first-order valence-electron chi connectivity index (χ1n) is 10.8. The Kier molecular flexibility index (Phi) is 6.75. The van der Waals surface area contributed by atoms with E-state index in [9.17, 15) is 35.9 Å². The molecule has 6 nitrogen and oxygen atoms in total. The van der Waals surface area contributed by atoms with Gasteiger partial charge in [0.25, 0.3) is 0 Å². The van der Waals surface area contributed by atoms with Gasteiger partial charge in [-0.15, -0.1) is 0 Å². The number of rotatable bonds is 1. The molecular weight excluding hydrogens is 468 g/mol. The van der Waals surface area contributed by atoms with E-state index in [1.807, 2.05) is 0 Å². The number of carbonyl (C=O) groups excluding carboxylic acids is 2. The molecule has 0 radical (unpaired) electrons. The summed E-state index contributed by atoms with van der Waals surface area (Å²) in [6, 6.07) is 1.80. The Morgan fingerprint density at radius 3 is 2.15 bits per heavy atom. The van der Waals surface area contributed by atoms with Crippen molar-refractivity contribution in [3.05, 3.63) is 28.8 Å². The number of halogens is 6. The van der Waals surface area contributed by atoms with Gasteiger partial charge in [-0.05, 0) is 57.4 Å². The van der Waals surface area contributed by atoms with Crippen molar-refractivity contribution in [2.45, 2.75) is 64.7 Å². The van der Waals surface area contributed by atoms with Gasteiger partial charge in [0.1, 0.15) is 5.60 Å². The summed E-state index contributed by atoms with van der Waals surface area (Å²) in [6.07, 6.45) is -10.7. The maximum atomic E-state index is 13.6. The summed E-state index contributed by atoms with van der Waals surface area (Å²) in [7, 11) is 0. The summed E-state index contributed by atoms with van der Waals surface area (Å²) in [6.45, 7) is 6.62. The van der Waals surface area contributed by atoms with E-state index >= 15 is 0 Å². The molecule has 1 atom stereocenters. The zero-order valence-electron chi connectivity index (χ0n) is 19.3. The normalized spacial score (nSPS) is 19.7. The summed E-state index contributed by atoms with van der Waals surface area (Å²) in [4.78, 5) is 28.1. The molecule has 0 spiro atoms. The molecule has 0 aliphatic carbocycles. The number of ether oxygens (including phenoxy) is 1. The third-order valence-electron chi connectivity index (χ3n) is 5.82. The van der Waals surface area contributed by atoms with Crippen molar-refractivity contribution in [2.24, 2.45) is 0 Å². The highest BCUT2D eigenvalue weighted by Gasteiger charge is 2.45. The minimum atomic E-state index is -5.12. The average Bonchev–Trinajstić information content (AvgIpc) is 2.69. The van der Waals surface area contributed by atoms with Crippen LogP contribution in [-0.2, 0) is 28.7 Å². The Balaban J connectivity index is 1.91. The highest BCUT2D eigenvalue weighted by atomic mass is 19.4. The van der Waals surface area contributed by atoms with Crippen molar-refractivity contribution >= 4 is 17.7 Å². The van der Waals surface area contributed by atoms with E-state index < -0.39 is 48.6 Å². The van der Waals surface area contributed by atoms with Crippen molar-refractivity contribution in [3.63, 3.8) is 0 Å². The standard InChI is InChI=1S/C22H27F6N3O3/c1-13-11-29(9-10-31(13)19(33)34-20(2,3)4)17-6-5-16(21(23,24)25)14-7-8-30(12-15(14)17)18(32)22(26,27)28/h5-6,13H,7-12H2,1-4H3/t13-/m0/s1. The van der Waals surface area contributed by atoms with Gasteiger partial charge in [-0.25, -0.2) is 4.79 Å². The molecule has 2 aliphatic rings. The fraction of sp³-hybridized carbons (Fsp3) is 0.636. The molecule has 2 amide bonds. The highest BCUT2D eigenvalue weighted by molar-refractivity contribution is 5.82. The van der Waals surface area contributed by atoms with Crippen LogP contribution in [0.25, 0.3) is 0 Å². The van der Waals surface area contributed by atoms with E-state index in [0.29, 0.717) is 10.6 Å². The maximum absolute atomic E-state index is 13.6. The lowest BCUT2D eigenvalue weighted by Crippen LogP contribution is -2.55. The van der Waals surface area contributed by atoms with Crippen LogP contribution in [0.2, 0.25) is 0 Å². The topological polar surface area (TPSA) is 53.1 Å². The largest absolute Gasteiger partial charge is 0.471 e. The molecule has 190 valence electrons. The van der Waals surface area contributed by atoms with Gasteiger partial charge >= 0.3 is 24.4 Å². The molecule has 1 saturated heterocycles. The van der Waals surface area contributed by atoms with Gasteiger partial charge in [0.05, 0.1) is 5.56 Å². The zero-order valence-corrected chi connectivity index (χ0v) is 19.3. The van der Waals surface area contributed by atoms with Crippen molar-refractivity contribution in [3.8, 4) is 0 Å². The molecule has 2 heterocycles. The average molecular weight is 495 g/mol. The second-order valence-corrected chi connectivity index (χ2v) is 9.53. The van der Waals surface area contributed by atoms with Gasteiger partial charge in [-0.3, -0.25) is 4.79 Å². The molecule has 1 aromatic rings. The first-order valence-corrected chi connectivity index (χ1v) is 10.8. The number of carbonyl (C=O) groups is 2. The molecule has 34 heavy (non-hydrogen) atoms. The quantitative estimate of drug-likeness (QED) is 0.535. The number of nitrogens with zero attached hydrogens (tertiary/aromatic N) is 3. The van der Waals surface area contributed by atoms with Crippen LogP contribution in [-0.4, -0.2) is 65.8 Å². The van der Waals surface area contributed by atoms with E-state index in [0.717, 1.165) is 6.07 Å². The summed E-state index contributed by atoms with van der Waals surface area (Å²) in [5.41, 5.74) is -1.33. The molecule has 0 aromatic heterocycles. The highest BCUT2D eigenvalue weighted by Crippen LogP contribution is 2.40. The molecule has 1 fully saturated rings. The molecule has 12 heteroatoms. The zero-order chi connectivity index (χ0) is 25.6. The third-order valence-corrected chi connectivity index (χ3v) is 5.82. The van der Waals surface area contributed by atoms with Crippen molar-refractivity contribution in [2.75, 3.05) is 31.1 Å². The molecule has 0 bridgehead atoms. The van der Waals surface area contributed by atoms with E-state index in [1.165, 1.54) is 11.0 Å². The van der Waals surface area contributed by atoms with Gasteiger partial charge in [-0.2, -0.15) is 26.3 Å². The molecule has 1 aromatic carbocycles. The van der Waals surface area contributed by atoms with Gasteiger partial charge in [0.15, 0.2) is 0 Å². The molecule has 0 saturated carbocycles. The molecule has 0 unspecified atom stereocenters. The Bertz CT molecular complexity index is 955. The predicted molar refractivity (Wildman–Crippen MR) is 111 cm³/mol. The Labute approximate surface area is 193 Å². The molecule has 0 N–H and O–H groups in total. The van der Waals surface area contributed by atoms with E-state index in [4.69, 9.17) is 4.74 Å². The van der Waals surface area contributed by atoms with Crippen molar-refractivity contribution in [1.82, 2.24) is 9.80 Å². The van der Waals surface area contributed by atoms with Crippen LogP contribution >= 0.6 is 0 Å². The van der Waals surface area contributed by atoms with E-state index in [-0.39, 0.29) is 43.2 Å². The lowest BCUT2D eigenvalue weighted by Gasteiger charge is -2.43. The van der Waals surface area contributed by atoms with Gasteiger partial charge < -0.3 is 19.4 Å². The number of benzene rings is 1. The van der Waals surface area contributed by atoms with Crippen molar-refractivity contribution < 1.29 is 40.7 Å². The number of amides is 2. The summed E-state index contributed by atoms with van der Waals surface area (Å²) in [5.74, 6) is -2.08. The second-order valence-electron chi connectivity index (χ2n) is 9.53. The minimum Gasteiger partial charge on any atom is -0.444 e. The molecule has 2 aliphatic heterocycles. The monoisotopic (exact) mass is 495 g/mol. The van der Waals surface area contributed by atoms with Crippen LogP contribution in [0.15, 0.2) is 12.1 Å². The minimum absolute atomic E-state index is 0.0524. The number of hydrogen-bond acceptors (Lipinski definition) is 4. The third kappa shape index (κ3) is 5.52. The lowest BCUT2D eigenvalue weighted by atomic mass is 9.91. The smallest absolute Gasteiger partial charge is 0.444 e. The Morgan fingerprint density at radius 1 is 0.971 bits per heavy atom. The van der Waals surface area contributed by atoms with E-state index in [1.54, 1.807) is 32.6 Å². The van der Waals surface area contributed by atoms with E-state index in [2.05, 4.69) is 0 Å². The van der Waals surface area contributed by atoms with Gasteiger partial charge in [0, 0.05) is 44.5 Å². The number of piperazine rings is 1. The fourth-order valence-electron chi connectivity index (χ4n) is 4.34. The number of hydrogen-bond donors (Lipinski definition) is 0. The second kappa shape index (κ2) is 8.84. The number of alkyl halides is 6. The fourth-order valence-corrected chi connectivity index (χ4v) is 4.34. The lowest BCUT2D eigenvalue weighted by molar-refractivity contribution is -0.186. The van der Waals surface area contributed by atoms with Crippen LogP contribution in [0, 0.1) is 0 Å². The van der Waals surface area contributed by atoms with Crippen LogP contribution in [0.4, 0.5) is 36.8 Å². The number of anilines is 1. The maximum Gasteiger partial charge on any atom is 0.471 e. The summed E-state index contributed by atoms with van der Waals surface area (Å²) < 4.78 is 85.2. The Hall–Kier alpha value is -2.66. The first kappa shape index (κ1) is 26.0. The van der Waals surface area contributed by atoms with Crippen LogP contribution < -0.4 is 4.90 Å². The predicted octanol–water partition coefficient (Wildman–Crippen LogP) is 4.60.